The second-order valence-corrected chi connectivity index (χ2v) is 9.31. The Hall–Kier alpha value is -4.00. The summed E-state index contributed by atoms with van der Waals surface area (Å²) in [5, 5.41) is 16.5. The summed E-state index contributed by atoms with van der Waals surface area (Å²) in [7, 11) is 0. The number of nitro benzene ring substituents is 1. The van der Waals surface area contributed by atoms with Crippen molar-refractivity contribution < 1.29 is 18.1 Å². The zero-order valence-electron chi connectivity index (χ0n) is 18.9. The van der Waals surface area contributed by atoms with E-state index in [1.807, 2.05) is 36.1 Å². The van der Waals surface area contributed by atoms with Gasteiger partial charge in [-0.05, 0) is 19.1 Å². The number of nitro groups is 1. The largest absolute Gasteiger partial charge is 0.416 e. The predicted octanol–water partition coefficient (Wildman–Crippen LogP) is 4.38. The molecule has 2 aromatic heterocycles. The SMILES string of the molecule is Cc1ccc(-c2nn3c(=O)cc(N4CCN(c5ccc(C(F)(F)F)cc5[N+](=O)[O-])CC4)nc3s2)cc1. The maximum absolute atomic E-state index is 13.0. The molecule has 5 rings (SSSR count). The summed E-state index contributed by atoms with van der Waals surface area (Å²) in [5.41, 5.74) is 0.127. The molecule has 0 unspecified atom stereocenters. The monoisotopic (exact) mass is 516 g/mol. The first kappa shape index (κ1) is 23.7. The Morgan fingerprint density at radius 1 is 1.00 bits per heavy atom. The van der Waals surface area contributed by atoms with Crippen LogP contribution in [0, 0.1) is 17.0 Å². The zero-order chi connectivity index (χ0) is 25.6. The molecule has 0 N–H and O–H groups in total. The van der Waals surface area contributed by atoms with Crippen molar-refractivity contribution in [3.05, 3.63) is 80.1 Å². The molecule has 0 spiro atoms. The van der Waals surface area contributed by atoms with Gasteiger partial charge in [-0.15, -0.1) is 0 Å². The smallest absolute Gasteiger partial charge is 0.362 e. The molecule has 9 nitrogen and oxygen atoms in total. The zero-order valence-corrected chi connectivity index (χ0v) is 19.7. The van der Waals surface area contributed by atoms with E-state index in [9.17, 15) is 28.1 Å². The van der Waals surface area contributed by atoms with E-state index in [0.717, 1.165) is 23.3 Å². The van der Waals surface area contributed by atoms with Crippen molar-refractivity contribution in [1.82, 2.24) is 14.6 Å². The first-order chi connectivity index (χ1) is 17.1. The van der Waals surface area contributed by atoms with Crippen LogP contribution >= 0.6 is 11.3 Å². The minimum absolute atomic E-state index is 0.126. The quantitative estimate of drug-likeness (QED) is 0.293. The molecule has 0 radical (unpaired) electrons. The van der Waals surface area contributed by atoms with E-state index in [1.165, 1.54) is 21.9 Å². The lowest BCUT2D eigenvalue weighted by Gasteiger charge is -2.36. The van der Waals surface area contributed by atoms with Gasteiger partial charge in [0.2, 0.25) is 4.96 Å². The van der Waals surface area contributed by atoms with Crippen molar-refractivity contribution in [2.75, 3.05) is 36.0 Å². The minimum Gasteiger partial charge on any atom is -0.362 e. The molecule has 4 aromatic rings. The molecule has 1 saturated heterocycles. The van der Waals surface area contributed by atoms with Crippen molar-refractivity contribution in [1.29, 1.82) is 0 Å². The van der Waals surface area contributed by atoms with E-state index in [4.69, 9.17) is 0 Å². The lowest BCUT2D eigenvalue weighted by Crippen LogP contribution is -2.47. The number of alkyl halides is 3. The molecule has 0 bridgehead atoms. The van der Waals surface area contributed by atoms with Crippen molar-refractivity contribution in [3.63, 3.8) is 0 Å². The van der Waals surface area contributed by atoms with E-state index >= 15 is 0 Å². The highest BCUT2D eigenvalue weighted by atomic mass is 32.1. The second kappa shape index (κ2) is 8.90. The Balaban J connectivity index is 1.37. The van der Waals surface area contributed by atoms with Crippen LogP contribution in [-0.4, -0.2) is 45.7 Å². The predicted molar refractivity (Wildman–Crippen MR) is 130 cm³/mol. The Labute approximate surface area is 206 Å². The number of aryl methyl sites for hydroxylation is 1. The van der Waals surface area contributed by atoms with Crippen LogP contribution in [0.1, 0.15) is 11.1 Å². The number of benzene rings is 2. The average Bonchev–Trinajstić information content (AvgIpc) is 3.28. The summed E-state index contributed by atoms with van der Waals surface area (Å²) < 4.78 is 40.3. The molecule has 186 valence electrons. The molecule has 0 saturated carbocycles. The highest BCUT2D eigenvalue weighted by Gasteiger charge is 2.34. The molecule has 0 atom stereocenters. The number of hydrogen-bond acceptors (Lipinski definition) is 8. The van der Waals surface area contributed by atoms with Crippen LogP contribution < -0.4 is 15.4 Å². The van der Waals surface area contributed by atoms with Crippen LogP contribution in [0.15, 0.2) is 53.3 Å². The van der Waals surface area contributed by atoms with Crippen molar-refractivity contribution in [3.8, 4) is 10.6 Å². The van der Waals surface area contributed by atoms with Gasteiger partial charge in [0.25, 0.3) is 11.2 Å². The van der Waals surface area contributed by atoms with Crippen molar-refractivity contribution in [2.45, 2.75) is 13.1 Å². The van der Waals surface area contributed by atoms with Crippen LogP contribution in [0.25, 0.3) is 15.5 Å². The number of hydrogen-bond donors (Lipinski definition) is 0. The van der Waals surface area contributed by atoms with E-state index in [1.54, 1.807) is 4.90 Å². The van der Waals surface area contributed by atoms with Gasteiger partial charge in [-0.1, -0.05) is 41.2 Å². The Morgan fingerprint density at radius 3 is 2.31 bits per heavy atom. The van der Waals surface area contributed by atoms with Crippen LogP contribution in [0.5, 0.6) is 0 Å². The van der Waals surface area contributed by atoms with E-state index < -0.39 is 22.4 Å². The van der Waals surface area contributed by atoms with Crippen LogP contribution in [-0.2, 0) is 6.18 Å². The van der Waals surface area contributed by atoms with Gasteiger partial charge in [0, 0.05) is 43.9 Å². The first-order valence-corrected chi connectivity index (χ1v) is 11.8. The molecule has 36 heavy (non-hydrogen) atoms. The Morgan fingerprint density at radius 2 is 1.67 bits per heavy atom. The van der Waals surface area contributed by atoms with Crippen LogP contribution in [0.2, 0.25) is 0 Å². The average molecular weight is 517 g/mol. The number of halogens is 3. The van der Waals surface area contributed by atoms with Gasteiger partial charge in [-0.3, -0.25) is 14.9 Å². The third-order valence-corrected chi connectivity index (χ3v) is 6.93. The standard InChI is InChI=1S/C23H19F3N6O3S/c1-14-2-4-15(5-3-14)21-28-31-20(33)13-19(27-22(31)36-21)30-10-8-29(9-11-30)17-7-6-16(23(24,25)26)12-18(17)32(34)35/h2-7,12-13H,8-11H2,1H3. The molecule has 2 aromatic carbocycles. The van der Waals surface area contributed by atoms with Gasteiger partial charge in [0.15, 0.2) is 0 Å². The number of nitrogens with zero attached hydrogens (tertiary/aromatic N) is 6. The van der Waals surface area contributed by atoms with Crippen molar-refractivity contribution in [2.24, 2.45) is 0 Å². The number of anilines is 2. The molecule has 3 heterocycles. The van der Waals surface area contributed by atoms with E-state index in [2.05, 4.69) is 10.1 Å². The Bertz CT molecular complexity index is 1510. The highest BCUT2D eigenvalue weighted by Crippen LogP contribution is 2.37. The molecule has 13 heteroatoms. The highest BCUT2D eigenvalue weighted by molar-refractivity contribution is 7.19. The van der Waals surface area contributed by atoms with E-state index in [0.29, 0.717) is 48.0 Å². The summed E-state index contributed by atoms with van der Waals surface area (Å²) in [6, 6.07) is 11.7. The fraction of sp³-hybridized carbons (Fsp3) is 0.261. The minimum atomic E-state index is -4.67. The number of aromatic nitrogens is 3. The molecule has 1 aliphatic rings. The summed E-state index contributed by atoms with van der Waals surface area (Å²) in [6.07, 6.45) is -4.67. The van der Waals surface area contributed by atoms with Gasteiger partial charge in [0.05, 0.1) is 10.5 Å². The molecule has 1 fully saturated rings. The number of fused-ring (bicyclic) bond motifs is 1. The number of rotatable bonds is 4. The summed E-state index contributed by atoms with van der Waals surface area (Å²) in [5.74, 6) is 0.459. The normalized spacial score (nSPS) is 14.4. The fourth-order valence-electron chi connectivity index (χ4n) is 4.06. The van der Waals surface area contributed by atoms with Crippen LogP contribution in [0.4, 0.5) is 30.4 Å². The molecular formula is C23H19F3N6O3S. The van der Waals surface area contributed by atoms with Crippen molar-refractivity contribution >= 4 is 33.5 Å². The Kier molecular flexibility index (Phi) is 5.86. The maximum atomic E-state index is 13.0. The van der Waals surface area contributed by atoms with Gasteiger partial charge in [-0.2, -0.15) is 22.8 Å². The van der Waals surface area contributed by atoms with Gasteiger partial charge >= 0.3 is 6.18 Å². The van der Waals surface area contributed by atoms with Gasteiger partial charge in [-0.25, -0.2) is 4.98 Å². The van der Waals surface area contributed by atoms with Gasteiger partial charge in [0.1, 0.15) is 16.5 Å². The topological polar surface area (TPSA) is 96.9 Å². The van der Waals surface area contributed by atoms with Crippen LogP contribution in [0.3, 0.4) is 0 Å². The lowest BCUT2D eigenvalue weighted by atomic mass is 10.1. The van der Waals surface area contributed by atoms with Gasteiger partial charge < -0.3 is 9.80 Å². The molecule has 1 aliphatic heterocycles. The molecular weight excluding hydrogens is 497 g/mol. The summed E-state index contributed by atoms with van der Waals surface area (Å²) in [4.78, 5) is 32.0. The molecule has 0 amide bonds. The summed E-state index contributed by atoms with van der Waals surface area (Å²) in [6.45, 7) is 3.36. The molecule has 0 aliphatic carbocycles. The number of piperazine rings is 1. The lowest BCUT2D eigenvalue weighted by molar-refractivity contribution is -0.384. The first-order valence-electron chi connectivity index (χ1n) is 10.9. The maximum Gasteiger partial charge on any atom is 0.416 e. The second-order valence-electron chi connectivity index (χ2n) is 8.35. The third-order valence-electron chi connectivity index (χ3n) is 5.97. The summed E-state index contributed by atoms with van der Waals surface area (Å²) >= 11 is 1.29. The van der Waals surface area contributed by atoms with E-state index in [-0.39, 0.29) is 11.2 Å². The third kappa shape index (κ3) is 4.49. The fourth-order valence-corrected chi connectivity index (χ4v) is 4.97.